The molecule has 0 bridgehead atoms. The quantitative estimate of drug-likeness (QED) is 0.804. The van der Waals surface area contributed by atoms with Crippen LogP contribution in [-0.4, -0.2) is 34.8 Å². The van der Waals surface area contributed by atoms with Gasteiger partial charge in [0.05, 0.1) is 18.8 Å². The summed E-state index contributed by atoms with van der Waals surface area (Å²) < 4.78 is 10.9. The monoisotopic (exact) mass is 356 g/mol. The first-order valence-corrected chi connectivity index (χ1v) is 8.70. The molecule has 138 valence electrons. The van der Waals surface area contributed by atoms with Crippen LogP contribution in [0, 0.1) is 0 Å². The van der Waals surface area contributed by atoms with E-state index in [9.17, 15) is 15.0 Å². The molecule has 0 unspecified atom stereocenters. The number of carbonyl (C=O) groups excluding carboxylic acids is 1. The van der Waals surface area contributed by atoms with Gasteiger partial charge in [-0.15, -0.1) is 0 Å². The topological polar surface area (TPSA) is 76.0 Å². The van der Waals surface area contributed by atoms with Crippen LogP contribution in [0.3, 0.4) is 0 Å². The first-order chi connectivity index (χ1) is 12.3. The minimum atomic E-state index is -0.745. The molecule has 0 saturated carbocycles. The zero-order chi connectivity index (χ0) is 18.9. The summed E-state index contributed by atoms with van der Waals surface area (Å²) in [5.41, 5.74) is 1.07. The molecule has 0 aromatic heterocycles. The van der Waals surface area contributed by atoms with Gasteiger partial charge >= 0.3 is 0 Å². The maximum absolute atomic E-state index is 12.6. The lowest BCUT2D eigenvalue weighted by Gasteiger charge is -2.37. The van der Waals surface area contributed by atoms with E-state index in [1.54, 1.807) is 33.1 Å². The molecule has 2 aromatic rings. The molecular weight excluding hydrogens is 332 g/mol. The van der Waals surface area contributed by atoms with Gasteiger partial charge in [-0.25, -0.2) is 0 Å². The Bertz CT molecular complexity index is 808. The van der Waals surface area contributed by atoms with Crippen LogP contribution in [0.2, 0.25) is 0 Å². The van der Waals surface area contributed by atoms with Gasteiger partial charge in [0.15, 0.2) is 5.78 Å². The van der Waals surface area contributed by atoms with E-state index >= 15 is 0 Å². The van der Waals surface area contributed by atoms with Crippen LogP contribution in [0.1, 0.15) is 41.8 Å². The van der Waals surface area contributed by atoms with Crippen molar-refractivity contribution >= 4 is 5.78 Å². The molecule has 0 amide bonds. The number of carbonyl (C=O) groups is 1. The molecule has 1 aliphatic rings. The number of hydrogen-bond donors (Lipinski definition) is 2. The third-order valence-corrected chi connectivity index (χ3v) is 4.91. The molecule has 0 saturated heterocycles. The normalized spacial score (nSPS) is 17.9. The Morgan fingerprint density at radius 3 is 2.58 bits per heavy atom. The van der Waals surface area contributed by atoms with E-state index < -0.39 is 11.7 Å². The average molecular weight is 356 g/mol. The Balaban J connectivity index is 1.75. The lowest BCUT2D eigenvalue weighted by molar-refractivity contribution is -0.0417. The van der Waals surface area contributed by atoms with E-state index in [0.717, 1.165) is 11.3 Å². The summed E-state index contributed by atoms with van der Waals surface area (Å²) >= 11 is 0. The molecule has 1 atom stereocenters. The molecule has 0 radical (unpaired) electrons. The van der Waals surface area contributed by atoms with Gasteiger partial charge in [0.1, 0.15) is 22.8 Å². The number of aromatic hydroxyl groups is 1. The van der Waals surface area contributed by atoms with Gasteiger partial charge in [0.2, 0.25) is 0 Å². The van der Waals surface area contributed by atoms with Crippen LogP contribution in [0.5, 0.6) is 17.2 Å². The zero-order valence-electron chi connectivity index (χ0n) is 15.3. The van der Waals surface area contributed by atoms with E-state index in [-0.39, 0.29) is 29.9 Å². The van der Waals surface area contributed by atoms with Crippen LogP contribution in [0.15, 0.2) is 36.4 Å². The summed E-state index contributed by atoms with van der Waals surface area (Å²) in [5, 5.41) is 20.7. The summed E-state index contributed by atoms with van der Waals surface area (Å²) in [7, 11) is 1.61. The number of benzene rings is 2. The molecule has 0 spiro atoms. The first-order valence-electron chi connectivity index (χ1n) is 8.70. The van der Waals surface area contributed by atoms with Crippen molar-refractivity contribution in [1.29, 1.82) is 0 Å². The molecule has 5 heteroatoms. The van der Waals surface area contributed by atoms with Crippen molar-refractivity contribution in [3.8, 4) is 17.2 Å². The number of aliphatic hydroxyl groups excluding tert-OH is 1. The van der Waals surface area contributed by atoms with Gasteiger partial charge in [-0.3, -0.25) is 4.79 Å². The lowest BCUT2D eigenvalue weighted by atomic mass is 9.89. The summed E-state index contributed by atoms with van der Waals surface area (Å²) in [6.45, 7) is 3.59. The second-order valence-electron chi connectivity index (χ2n) is 7.14. The van der Waals surface area contributed by atoms with Crippen molar-refractivity contribution < 1.29 is 24.5 Å². The number of fused-ring (bicyclic) bond motifs is 1. The summed E-state index contributed by atoms with van der Waals surface area (Å²) in [6, 6.07) is 10.9. The van der Waals surface area contributed by atoms with Crippen molar-refractivity contribution in [1.82, 2.24) is 0 Å². The maximum atomic E-state index is 12.6. The number of phenols is 1. The minimum absolute atomic E-state index is 0.0863. The van der Waals surface area contributed by atoms with Gasteiger partial charge in [0.25, 0.3) is 0 Å². The first kappa shape index (κ1) is 18.3. The molecule has 26 heavy (non-hydrogen) atoms. The molecule has 5 nitrogen and oxygen atoms in total. The standard InChI is InChI=1S/C21H24O5/c1-21(2)19(23)12-16-18(26-21)11-9-15(20(16)24)17(22)10-6-13-4-7-14(25-3)8-5-13/h4-5,7-9,11,19,23-24H,6,10,12H2,1-3H3/t19-/m1/s1. The Labute approximate surface area is 153 Å². The molecule has 0 fully saturated rings. The third-order valence-electron chi connectivity index (χ3n) is 4.91. The molecule has 2 aromatic carbocycles. The molecule has 1 heterocycles. The predicted octanol–water partition coefficient (Wildman–Crippen LogP) is 3.29. The number of phenolic OH excluding ortho intramolecular Hbond substituents is 1. The smallest absolute Gasteiger partial charge is 0.166 e. The zero-order valence-corrected chi connectivity index (χ0v) is 15.3. The Morgan fingerprint density at radius 1 is 1.23 bits per heavy atom. The number of ether oxygens (including phenoxy) is 2. The summed E-state index contributed by atoms with van der Waals surface area (Å²) in [5.74, 6) is 1.07. The molecule has 1 aliphatic heterocycles. The van der Waals surface area contributed by atoms with E-state index in [2.05, 4.69) is 0 Å². The lowest BCUT2D eigenvalue weighted by Crippen LogP contribution is -2.46. The van der Waals surface area contributed by atoms with Crippen LogP contribution in [0.25, 0.3) is 0 Å². The predicted molar refractivity (Wildman–Crippen MR) is 98.2 cm³/mol. The van der Waals surface area contributed by atoms with Crippen molar-refractivity contribution in [2.45, 2.75) is 44.8 Å². The van der Waals surface area contributed by atoms with E-state index in [4.69, 9.17) is 9.47 Å². The van der Waals surface area contributed by atoms with E-state index in [0.29, 0.717) is 17.7 Å². The average Bonchev–Trinajstić information content (AvgIpc) is 2.62. The maximum Gasteiger partial charge on any atom is 0.166 e. The van der Waals surface area contributed by atoms with Gasteiger partial charge < -0.3 is 19.7 Å². The number of aliphatic hydroxyl groups is 1. The highest BCUT2D eigenvalue weighted by Gasteiger charge is 2.37. The summed E-state index contributed by atoms with van der Waals surface area (Å²) in [6.07, 6.45) is 0.373. The SMILES string of the molecule is COc1ccc(CCC(=O)c2ccc3c(c2O)C[C@@H](O)C(C)(C)O3)cc1. The van der Waals surface area contributed by atoms with Crippen molar-refractivity contribution in [3.05, 3.63) is 53.1 Å². The highest BCUT2D eigenvalue weighted by Crippen LogP contribution is 2.40. The minimum Gasteiger partial charge on any atom is -0.507 e. The highest BCUT2D eigenvalue weighted by molar-refractivity contribution is 5.99. The van der Waals surface area contributed by atoms with E-state index in [1.807, 2.05) is 24.3 Å². The second-order valence-corrected chi connectivity index (χ2v) is 7.14. The van der Waals surface area contributed by atoms with Crippen molar-refractivity contribution in [2.24, 2.45) is 0 Å². The molecule has 3 rings (SSSR count). The fourth-order valence-electron chi connectivity index (χ4n) is 3.11. The number of Topliss-reactive ketones (excluding diaryl/α,β-unsaturated/α-hetero) is 1. The molecular formula is C21H24O5. The number of ketones is 1. The number of hydrogen-bond acceptors (Lipinski definition) is 5. The van der Waals surface area contributed by atoms with Crippen LogP contribution >= 0.6 is 0 Å². The fraction of sp³-hybridized carbons (Fsp3) is 0.381. The van der Waals surface area contributed by atoms with Crippen molar-refractivity contribution in [3.63, 3.8) is 0 Å². The highest BCUT2D eigenvalue weighted by atomic mass is 16.5. The van der Waals surface area contributed by atoms with Crippen LogP contribution in [0.4, 0.5) is 0 Å². The van der Waals surface area contributed by atoms with Gasteiger partial charge in [-0.1, -0.05) is 12.1 Å². The van der Waals surface area contributed by atoms with Crippen molar-refractivity contribution in [2.75, 3.05) is 7.11 Å². The number of methoxy groups -OCH3 is 1. The Kier molecular flexibility index (Phi) is 4.92. The van der Waals surface area contributed by atoms with Gasteiger partial charge in [0, 0.05) is 18.4 Å². The third kappa shape index (κ3) is 3.53. The fourth-order valence-corrected chi connectivity index (χ4v) is 3.11. The number of rotatable bonds is 5. The number of aryl methyl sites for hydroxylation is 1. The van der Waals surface area contributed by atoms with Gasteiger partial charge in [-0.05, 0) is 50.1 Å². The molecule has 2 N–H and O–H groups in total. The van der Waals surface area contributed by atoms with Gasteiger partial charge in [-0.2, -0.15) is 0 Å². The largest absolute Gasteiger partial charge is 0.507 e. The summed E-state index contributed by atoms with van der Waals surface area (Å²) in [4.78, 5) is 12.6. The van der Waals surface area contributed by atoms with E-state index in [1.165, 1.54) is 0 Å². The Morgan fingerprint density at radius 2 is 1.92 bits per heavy atom. The van der Waals surface area contributed by atoms with Crippen LogP contribution in [-0.2, 0) is 12.8 Å². The molecule has 0 aliphatic carbocycles. The van der Waals surface area contributed by atoms with Crippen LogP contribution < -0.4 is 9.47 Å². The Hall–Kier alpha value is -2.53. The second kappa shape index (κ2) is 7.00.